The molecule has 2 rings (SSSR count). The summed E-state index contributed by atoms with van der Waals surface area (Å²) in [7, 11) is 0.535. The van der Waals surface area contributed by atoms with E-state index in [1.807, 2.05) is 24.3 Å². The highest BCUT2D eigenvalue weighted by atomic mass is 79.9. The molecule has 0 saturated heterocycles. The summed E-state index contributed by atoms with van der Waals surface area (Å²) in [6.45, 7) is 0. The largest absolute Gasteiger partial charge is 0.496 e. The third-order valence-corrected chi connectivity index (χ3v) is 2.81. The SMILES string of the molecule is COc1ccc2cc(Br)ccc2c1C=O.O=[PH2]Cl. The van der Waals surface area contributed by atoms with Crippen LogP contribution < -0.4 is 4.74 Å². The van der Waals surface area contributed by atoms with E-state index in [1.54, 1.807) is 13.2 Å². The van der Waals surface area contributed by atoms with Crippen LogP contribution in [0.4, 0.5) is 0 Å². The van der Waals surface area contributed by atoms with Gasteiger partial charge in [-0.15, -0.1) is 0 Å². The highest BCUT2D eigenvalue weighted by molar-refractivity contribution is 9.10. The molecule has 6 heteroatoms. The number of fused-ring (bicyclic) bond motifs is 1. The molecule has 0 spiro atoms. The molecule has 0 radical (unpaired) electrons. The van der Waals surface area contributed by atoms with E-state index < -0.39 is 7.81 Å². The predicted molar refractivity (Wildman–Crippen MR) is 79.8 cm³/mol. The lowest BCUT2D eigenvalue weighted by Gasteiger charge is -2.07. The van der Waals surface area contributed by atoms with E-state index in [0.29, 0.717) is 11.3 Å². The topological polar surface area (TPSA) is 43.4 Å². The minimum Gasteiger partial charge on any atom is -0.496 e. The third-order valence-electron chi connectivity index (χ3n) is 2.32. The van der Waals surface area contributed by atoms with Gasteiger partial charge in [-0.05, 0) is 29.0 Å². The fraction of sp³-hybridized carbons (Fsp3) is 0.0833. The van der Waals surface area contributed by atoms with Crippen LogP contribution in [0.25, 0.3) is 10.8 Å². The zero-order valence-electron chi connectivity index (χ0n) is 9.52. The van der Waals surface area contributed by atoms with Crippen molar-refractivity contribution in [2.24, 2.45) is 0 Å². The van der Waals surface area contributed by atoms with Crippen molar-refractivity contribution in [2.75, 3.05) is 7.11 Å². The fourth-order valence-electron chi connectivity index (χ4n) is 1.60. The van der Waals surface area contributed by atoms with Gasteiger partial charge in [-0.1, -0.05) is 39.3 Å². The maximum atomic E-state index is 11.0. The maximum absolute atomic E-state index is 11.0. The molecule has 0 heterocycles. The van der Waals surface area contributed by atoms with Gasteiger partial charge in [-0.3, -0.25) is 4.79 Å². The minimum atomic E-state index is -1.03. The number of carbonyl (C=O) groups excluding carboxylic acids is 1. The van der Waals surface area contributed by atoms with Crippen LogP contribution in [0.15, 0.2) is 34.8 Å². The first-order valence-corrected chi connectivity index (χ1v) is 7.94. The van der Waals surface area contributed by atoms with Crippen LogP contribution in [0.3, 0.4) is 0 Å². The molecule has 0 aliphatic carbocycles. The molecule has 3 nitrogen and oxygen atoms in total. The van der Waals surface area contributed by atoms with Crippen LogP contribution >= 0.6 is 35.0 Å². The number of halogens is 2. The third kappa shape index (κ3) is 3.58. The first kappa shape index (κ1) is 15.2. The number of hydrogen-bond acceptors (Lipinski definition) is 3. The molecular formula is C12H11BrClO3P. The summed E-state index contributed by atoms with van der Waals surface area (Å²) in [6, 6.07) is 9.53. The van der Waals surface area contributed by atoms with Gasteiger partial charge in [-0.25, -0.2) is 0 Å². The number of aldehydes is 1. The Morgan fingerprint density at radius 2 is 2.00 bits per heavy atom. The van der Waals surface area contributed by atoms with E-state index in [-0.39, 0.29) is 0 Å². The maximum Gasteiger partial charge on any atom is 0.154 e. The van der Waals surface area contributed by atoms with Crippen molar-refractivity contribution >= 4 is 52.0 Å². The van der Waals surface area contributed by atoms with Gasteiger partial charge in [0.05, 0.1) is 12.7 Å². The average Bonchev–Trinajstić information content (AvgIpc) is 2.38. The number of methoxy groups -OCH3 is 1. The van der Waals surface area contributed by atoms with Gasteiger partial charge >= 0.3 is 0 Å². The smallest absolute Gasteiger partial charge is 0.154 e. The lowest BCUT2D eigenvalue weighted by Crippen LogP contribution is -1.91. The van der Waals surface area contributed by atoms with E-state index in [1.165, 1.54) is 0 Å². The lowest BCUT2D eigenvalue weighted by atomic mass is 10.0. The monoisotopic (exact) mass is 348 g/mol. The lowest BCUT2D eigenvalue weighted by molar-refractivity contribution is 0.112. The van der Waals surface area contributed by atoms with Gasteiger partial charge in [0.25, 0.3) is 0 Å². The first-order valence-electron chi connectivity index (χ1n) is 4.93. The molecule has 0 fully saturated rings. The second kappa shape index (κ2) is 7.57. The minimum absolute atomic E-state index is 0.600. The standard InChI is InChI=1S/C12H9BrO2.ClH2OP/c1-15-12-5-2-8-6-9(13)3-4-10(8)11(12)7-14;1-3-2/h2-7H,1H3;3H2. The van der Waals surface area contributed by atoms with Gasteiger partial charge < -0.3 is 9.30 Å². The van der Waals surface area contributed by atoms with Crippen LogP contribution in [-0.4, -0.2) is 13.4 Å². The molecule has 0 amide bonds. The van der Waals surface area contributed by atoms with Crippen molar-refractivity contribution in [3.63, 3.8) is 0 Å². The van der Waals surface area contributed by atoms with E-state index in [4.69, 9.17) is 9.30 Å². The summed E-state index contributed by atoms with van der Waals surface area (Å²) in [6.07, 6.45) is 0.828. The Morgan fingerprint density at radius 1 is 1.33 bits per heavy atom. The Morgan fingerprint density at radius 3 is 2.56 bits per heavy atom. The Bertz CT molecular complexity index is 574. The molecular weight excluding hydrogens is 338 g/mol. The highest BCUT2D eigenvalue weighted by Gasteiger charge is 2.06. The molecule has 2 aromatic rings. The second-order valence-electron chi connectivity index (χ2n) is 3.25. The summed E-state index contributed by atoms with van der Waals surface area (Å²) in [5.41, 5.74) is 0.600. The van der Waals surface area contributed by atoms with E-state index in [9.17, 15) is 4.79 Å². The molecule has 0 saturated carbocycles. The van der Waals surface area contributed by atoms with Crippen molar-refractivity contribution in [1.82, 2.24) is 0 Å². The van der Waals surface area contributed by atoms with Gasteiger partial charge in [0.2, 0.25) is 0 Å². The molecule has 0 bridgehead atoms. The van der Waals surface area contributed by atoms with Crippen molar-refractivity contribution < 1.29 is 14.1 Å². The average molecular weight is 350 g/mol. The summed E-state index contributed by atoms with van der Waals surface area (Å²) in [5.74, 6) is 0.611. The first-order chi connectivity index (χ1) is 8.67. The Balaban J connectivity index is 0.000000492. The summed E-state index contributed by atoms with van der Waals surface area (Å²) in [4.78, 5) is 11.0. The van der Waals surface area contributed by atoms with E-state index in [2.05, 4.69) is 27.2 Å². The fourth-order valence-corrected chi connectivity index (χ4v) is 1.98. The molecule has 0 aromatic heterocycles. The highest BCUT2D eigenvalue weighted by Crippen LogP contribution is 2.28. The van der Waals surface area contributed by atoms with Crippen molar-refractivity contribution in [1.29, 1.82) is 0 Å². The normalized spacial score (nSPS) is 10.2. The molecule has 96 valence electrons. The van der Waals surface area contributed by atoms with Gasteiger partial charge in [0, 0.05) is 4.47 Å². The second-order valence-corrected chi connectivity index (χ2v) is 4.88. The molecule has 1 unspecified atom stereocenters. The number of carbonyl (C=O) groups is 1. The van der Waals surface area contributed by atoms with Gasteiger partial charge in [0.15, 0.2) is 6.29 Å². The molecule has 0 N–H and O–H groups in total. The Labute approximate surface area is 119 Å². The summed E-state index contributed by atoms with van der Waals surface area (Å²) in [5, 5.41) is 1.93. The zero-order chi connectivity index (χ0) is 13.5. The molecule has 0 aliphatic heterocycles. The summed E-state index contributed by atoms with van der Waals surface area (Å²) >= 11 is 7.92. The van der Waals surface area contributed by atoms with Crippen molar-refractivity contribution in [3.8, 4) is 5.75 Å². The Kier molecular flexibility index (Phi) is 6.41. The summed E-state index contributed by atoms with van der Waals surface area (Å²) < 4.78 is 14.9. The number of rotatable bonds is 2. The quantitative estimate of drug-likeness (QED) is 0.599. The molecule has 2 aromatic carbocycles. The zero-order valence-corrected chi connectivity index (χ0v) is 13.0. The predicted octanol–water partition coefficient (Wildman–Crippen LogP) is 4.32. The van der Waals surface area contributed by atoms with E-state index >= 15 is 0 Å². The number of benzene rings is 2. The molecule has 0 aliphatic rings. The van der Waals surface area contributed by atoms with Crippen LogP contribution in [0.2, 0.25) is 0 Å². The van der Waals surface area contributed by atoms with Gasteiger partial charge in [-0.2, -0.15) is 0 Å². The van der Waals surface area contributed by atoms with Crippen LogP contribution in [-0.2, 0) is 4.57 Å². The van der Waals surface area contributed by atoms with Crippen molar-refractivity contribution in [2.45, 2.75) is 0 Å². The molecule has 18 heavy (non-hydrogen) atoms. The molecule has 1 atom stereocenters. The van der Waals surface area contributed by atoms with Crippen LogP contribution in [0, 0.1) is 0 Å². The number of hydrogen-bond donors (Lipinski definition) is 0. The van der Waals surface area contributed by atoms with Crippen LogP contribution in [0.1, 0.15) is 10.4 Å². The number of ether oxygens (including phenoxy) is 1. The van der Waals surface area contributed by atoms with Crippen LogP contribution in [0.5, 0.6) is 5.75 Å². The van der Waals surface area contributed by atoms with E-state index in [0.717, 1.165) is 21.5 Å². The van der Waals surface area contributed by atoms with Crippen molar-refractivity contribution in [3.05, 3.63) is 40.4 Å². The van der Waals surface area contributed by atoms with Gasteiger partial charge in [0.1, 0.15) is 13.6 Å². The Hall–Kier alpha value is -0.830.